The van der Waals surface area contributed by atoms with Crippen molar-refractivity contribution in [2.45, 2.75) is 18.9 Å². The molecule has 0 spiro atoms. The molecule has 3 nitrogen and oxygen atoms in total. The van der Waals surface area contributed by atoms with E-state index in [9.17, 15) is 9.90 Å². The number of nitrogens with zero attached hydrogens (tertiary/aromatic N) is 1. The molecule has 3 rings (SSSR count). The summed E-state index contributed by atoms with van der Waals surface area (Å²) in [5.74, 6) is 0.0479. The van der Waals surface area contributed by atoms with E-state index in [-0.39, 0.29) is 11.8 Å². The van der Waals surface area contributed by atoms with Crippen LogP contribution < -0.4 is 0 Å². The topological polar surface area (TPSA) is 40.5 Å². The van der Waals surface area contributed by atoms with E-state index in [0.717, 1.165) is 24.9 Å². The summed E-state index contributed by atoms with van der Waals surface area (Å²) in [7, 11) is 0. The Morgan fingerprint density at radius 2 is 1.96 bits per heavy atom. The fourth-order valence-corrected chi connectivity index (χ4v) is 3.37. The van der Waals surface area contributed by atoms with Crippen molar-refractivity contribution in [3.05, 3.63) is 70.7 Å². The maximum absolute atomic E-state index is 12.6. The molecule has 1 N–H and O–H groups in total. The van der Waals surface area contributed by atoms with Crippen LogP contribution in [0.5, 0.6) is 0 Å². The number of halogens is 1. The number of amides is 1. The molecule has 0 aliphatic carbocycles. The number of carbonyl (C=O) groups is 1. The molecule has 2 aromatic carbocycles. The first-order valence-electron chi connectivity index (χ1n) is 7.93. The van der Waals surface area contributed by atoms with Crippen LogP contribution in [-0.4, -0.2) is 29.0 Å². The lowest BCUT2D eigenvalue weighted by Crippen LogP contribution is -2.41. The highest BCUT2D eigenvalue weighted by Crippen LogP contribution is 2.30. The van der Waals surface area contributed by atoms with Crippen molar-refractivity contribution < 1.29 is 9.90 Å². The van der Waals surface area contributed by atoms with Gasteiger partial charge < -0.3 is 10.0 Å². The van der Waals surface area contributed by atoms with Gasteiger partial charge in [-0.2, -0.15) is 0 Å². The number of piperidine rings is 1. The summed E-state index contributed by atoms with van der Waals surface area (Å²) in [5.41, 5.74) is 1.52. The normalized spacial score (nSPS) is 19.4. The molecule has 1 amide bonds. The minimum absolute atomic E-state index is 0.0162. The molecule has 1 unspecified atom stereocenters. The van der Waals surface area contributed by atoms with Gasteiger partial charge in [0.15, 0.2) is 0 Å². The molecule has 2 atom stereocenters. The Bertz CT molecular complexity index is 674. The minimum atomic E-state index is -0.536. The summed E-state index contributed by atoms with van der Waals surface area (Å²) < 4.78 is 0. The fourth-order valence-electron chi connectivity index (χ4n) is 3.18. The van der Waals surface area contributed by atoms with Gasteiger partial charge in [-0.05, 0) is 36.6 Å². The smallest absolute Gasteiger partial charge is 0.253 e. The van der Waals surface area contributed by atoms with E-state index >= 15 is 0 Å². The standard InChI is InChI=1S/C19H20ClNO2/c20-17-10-4-8-15(12-17)19(23)21-11-5-9-16(13-21)18(22)14-6-2-1-3-7-14/h1-4,6-8,10,12,16,18,22H,5,9,11,13H2/t16?,18-/m1/s1. The molecule has 1 aliphatic heterocycles. The summed E-state index contributed by atoms with van der Waals surface area (Å²) in [6.07, 6.45) is 1.29. The fraction of sp³-hybridized carbons (Fsp3) is 0.316. The van der Waals surface area contributed by atoms with Crippen molar-refractivity contribution in [1.29, 1.82) is 0 Å². The van der Waals surface area contributed by atoms with Crippen LogP contribution in [0.25, 0.3) is 0 Å². The lowest BCUT2D eigenvalue weighted by molar-refractivity contribution is 0.0401. The summed E-state index contributed by atoms with van der Waals surface area (Å²) in [6.45, 7) is 1.30. The van der Waals surface area contributed by atoms with Gasteiger partial charge in [-0.15, -0.1) is 0 Å². The number of aliphatic hydroxyl groups excluding tert-OH is 1. The van der Waals surface area contributed by atoms with Gasteiger partial charge in [0.25, 0.3) is 5.91 Å². The van der Waals surface area contributed by atoms with Crippen molar-refractivity contribution in [2.24, 2.45) is 5.92 Å². The van der Waals surface area contributed by atoms with Gasteiger partial charge in [-0.1, -0.05) is 48.0 Å². The molecule has 0 aromatic heterocycles. The second kappa shape index (κ2) is 7.16. The van der Waals surface area contributed by atoms with E-state index in [0.29, 0.717) is 17.1 Å². The van der Waals surface area contributed by atoms with E-state index < -0.39 is 6.10 Å². The van der Waals surface area contributed by atoms with Crippen LogP contribution in [0, 0.1) is 5.92 Å². The first-order valence-corrected chi connectivity index (χ1v) is 8.31. The first kappa shape index (κ1) is 16.0. The van der Waals surface area contributed by atoms with Crippen molar-refractivity contribution in [3.63, 3.8) is 0 Å². The molecule has 23 heavy (non-hydrogen) atoms. The van der Waals surface area contributed by atoms with Gasteiger partial charge in [-0.3, -0.25) is 4.79 Å². The number of likely N-dealkylation sites (tertiary alicyclic amines) is 1. The second-order valence-corrected chi connectivity index (χ2v) is 6.46. The quantitative estimate of drug-likeness (QED) is 0.927. The van der Waals surface area contributed by atoms with E-state index in [1.165, 1.54) is 0 Å². The molecule has 1 saturated heterocycles. The molecule has 1 heterocycles. The highest BCUT2D eigenvalue weighted by Gasteiger charge is 2.29. The summed E-state index contributed by atoms with van der Waals surface area (Å²) in [4.78, 5) is 14.5. The predicted molar refractivity (Wildman–Crippen MR) is 91.5 cm³/mol. The molecule has 120 valence electrons. The summed E-state index contributed by atoms with van der Waals surface area (Å²) in [6, 6.07) is 16.7. The van der Waals surface area contributed by atoms with Crippen LogP contribution in [0.1, 0.15) is 34.9 Å². The Morgan fingerprint density at radius 1 is 1.17 bits per heavy atom. The van der Waals surface area contributed by atoms with Crippen LogP contribution in [-0.2, 0) is 0 Å². The van der Waals surface area contributed by atoms with Crippen LogP contribution in [0.2, 0.25) is 5.02 Å². The Kier molecular flexibility index (Phi) is 4.99. The molecule has 2 aromatic rings. The molecular weight excluding hydrogens is 310 g/mol. The highest BCUT2D eigenvalue weighted by atomic mass is 35.5. The molecular formula is C19H20ClNO2. The Balaban J connectivity index is 1.72. The van der Waals surface area contributed by atoms with Gasteiger partial charge >= 0.3 is 0 Å². The van der Waals surface area contributed by atoms with E-state index in [4.69, 9.17) is 11.6 Å². The van der Waals surface area contributed by atoms with Gasteiger partial charge in [0, 0.05) is 29.6 Å². The van der Waals surface area contributed by atoms with Gasteiger partial charge in [0.2, 0.25) is 0 Å². The molecule has 0 radical (unpaired) electrons. The maximum atomic E-state index is 12.6. The zero-order valence-electron chi connectivity index (χ0n) is 12.9. The van der Waals surface area contributed by atoms with Crippen molar-refractivity contribution in [3.8, 4) is 0 Å². The summed E-state index contributed by atoms with van der Waals surface area (Å²) >= 11 is 5.98. The Morgan fingerprint density at radius 3 is 2.70 bits per heavy atom. The van der Waals surface area contributed by atoms with E-state index in [1.54, 1.807) is 24.3 Å². The number of benzene rings is 2. The third-order valence-corrected chi connectivity index (χ3v) is 4.64. The monoisotopic (exact) mass is 329 g/mol. The SMILES string of the molecule is O=C(c1cccc(Cl)c1)N1CCCC([C@H](O)c2ccccc2)C1. The van der Waals surface area contributed by atoms with Crippen molar-refractivity contribution >= 4 is 17.5 Å². The van der Waals surface area contributed by atoms with Gasteiger partial charge in [0.1, 0.15) is 0 Å². The average Bonchev–Trinajstić information content (AvgIpc) is 2.61. The maximum Gasteiger partial charge on any atom is 0.253 e. The Hall–Kier alpha value is -1.84. The largest absolute Gasteiger partial charge is 0.388 e. The third-order valence-electron chi connectivity index (χ3n) is 4.40. The lowest BCUT2D eigenvalue weighted by atomic mass is 9.88. The molecule has 0 saturated carbocycles. The number of carbonyl (C=O) groups excluding carboxylic acids is 1. The van der Waals surface area contributed by atoms with Crippen molar-refractivity contribution in [1.82, 2.24) is 4.90 Å². The zero-order chi connectivity index (χ0) is 16.2. The van der Waals surface area contributed by atoms with Crippen LogP contribution in [0.15, 0.2) is 54.6 Å². The van der Waals surface area contributed by atoms with Gasteiger partial charge in [0.05, 0.1) is 6.10 Å². The number of aliphatic hydroxyl groups is 1. The molecule has 1 aliphatic rings. The third kappa shape index (κ3) is 3.74. The summed E-state index contributed by atoms with van der Waals surface area (Å²) in [5, 5.41) is 11.2. The van der Waals surface area contributed by atoms with Crippen molar-refractivity contribution in [2.75, 3.05) is 13.1 Å². The Labute approximate surface area is 141 Å². The number of hydrogen-bond donors (Lipinski definition) is 1. The average molecular weight is 330 g/mol. The number of hydrogen-bond acceptors (Lipinski definition) is 2. The van der Waals surface area contributed by atoms with E-state index in [1.807, 2.05) is 35.2 Å². The van der Waals surface area contributed by atoms with Crippen LogP contribution >= 0.6 is 11.6 Å². The lowest BCUT2D eigenvalue weighted by Gasteiger charge is -2.35. The van der Waals surface area contributed by atoms with Gasteiger partial charge in [-0.25, -0.2) is 0 Å². The highest BCUT2D eigenvalue weighted by molar-refractivity contribution is 6.30. The van der Waals surface area contributed by atoms with Crippen LogP contribution in [0.3, 0.4) is 0 Å². The van der Waals surface area contributed by atoms with Crippen LogP contribution in [0.4, 0.5) is 0 Å². The molecule has 0 bridgehead atoms. The first-order chi connectivity index (χ1) is 11.1. The zero-order valence-corrected chi connectivity index (χ0v) is 13.6. The molecule has 1 fully saturated rings. The molecule has 4 heteroatoms. The minimum Gasteiger partial charge on any atom is -0.388 e. The predicted octanol–water partition coefficient (Wildman–Crippen LogP) is 3.93. The second-order valence-electron chi connectivity index (χ2n) is 6.02. The van der Waals surface area contributed by atoms with E-state index in [2.05, 4.69) is 0 Å². The number of rotatable bonds is 3.